The van der Waals surface area contributed by atoms with Crippen LogP contribution in [-0.4, -0.2) is 4.73 Å². The Kier molecular flexibility index (Phi) is 4.41. The van der Waals surface area contributed by atoms with Crippen molar-refractivity contribution >= 4 is 0 Å². The third kappa shape index (κ3) is 3.02. The summed E-state index contributed by atoms with van der Waals surface area (Å²) >= 11 is 0. The van der Waals surface area contributed by atoms with Crippen molar-refractivity contribution in [2.45, 2.75) is 6.54 Å². The molecule has 0 saturated carbocycles. The van der Waals surface area contributed by atoms with Crippen molar-refractivity contribution in [1.82, 2.24) is 4.73 Å². The number of nitrogens with zero attached hydrogens (tertiary/aromatic N) is 3. The highest BCUT2D eigenvalue weighted by Gasteiger charge is 2.07. The fraction of sp³-hybridized carbons (Fsp3) is 0.100. The van der Waals surface area contributed by atoms with E-state index in [0.29, 0.717) is 21.4 Å². The van der Waals surface area contributed by atoms with E-state index in [4.69, 9.17) is 0 Å². The molecule has 2 aromatic heterocycles. The van der Waals surface area contributed by atoms with E-state index in [0.717, 1.165) is 0 Å². The molecule has 0 atom stereocenters. The van der Waals surface area contributed by atoms with Gasteiger partial charge in [-0.2, -0.15) is 4.57 Å². The molecule has 0 aliphatic rings. The Morgan fingerprint density at radius 2 is 1.88 bits per heavy atom. The van der Waals surface area contributed by atoms with E-state index in [1.54, 1.807) is 0 Å². The lowest BCUT2D eigenvalue weighted by Crippen LogP contribution is -3.00. The molecule has 84 valence electrons. The predicted octanol–water partition coefficient (Wildman–Crippen LogP) is -2.91. The number of aromatic nitrogens is 3. The first-order valence-electron chi connectivity index (χ1n) is 4.50. The molecule has 2 rings (SSSR count). The van der Waals surface area contributed by atoms with Crippen molar-refractivity contribution in [2.75, 3.05) is 0 Å². The molecule has 2 heterocycles. The van der Waals surface area contributed by atoms with Gasteiger partial charge < -0.3 is 33.9 Å². The quantitative estimate of drug-likeness (QED) is 0.438. The molecule has 0 aliphatic heterocycles. The summed E-state index contributed by atoms with van der Waals surface area (Å²) < 4.78 is 3.13. The van der Waals surface area contributed by atoms with Gasteiger partial charge in [-0.3, -0.25) is 0 Å². The van der Waals surface area contributed by atoms with E-state index in [-0.39, 0.29) is 24.0 Å². The first-order valence-corrected chi connectivity index (χ1v) is 4.50. The average molecular weight is 331 g/mol. The van der Waals surface area contributed by atoms with Gasteiger partial charge in [0.05, 0.1) is 10.6 Å². The second-order valence-corrected chi connectivity index (χ2v) is 3.15. The smallest absolute Gasteiger partial charge is 0.253 e. The van der Waals surface area contributed by atoms with Crippen molar-refractivity contribution in [1.29, 1.82) is 0 Å². The lowest BCUT2D eigenvalue weighted by Gasteiger charge is -2.10. The van der Waals surface area contributed by atoms with Crippen molar-refractivity contribution < 1.29 is 33.0 Å². The number of pyridine rings is 1. The van der Waals surface area contributed by atoms with Gasteiger partial charge in [-0.1, -0.05) is 6.07 Å². The number of hydrogen-bond donors (Lipinski definition) is 0. The van der Waals surface area contributed by atoms with Gasteiger partial charge in [0.25, 0.3) is 6.20 Å². The Hall–Kier alpha value is -1.44. The van der Waals surface area contributed by atoms with Crippen LogP contribution in [0.5, 0.6) is 0 Å². The minimum atomic E-state index is 0. The summed E-state index contributed by atoms with van der Waals surface area (Å²) in [6.45, 7) is 0.382. The molecule has 0 radical (unpaired) electrons. The zero-order valence-corrected chi connectivity index (χ0v) is 10.5. The van der Waals surface area contributed by atoms with Crippen LogP contribution < -0.4 is 33.0 Å². The van der Waals surface area contributed by atoms with Crippen molar-refractivity contribution in [3.63, 3.8) is 0 Å². The summed E-state index contributed by atoms with van der Waals surface area (Å²) in [6, 6.07) is 5.62. The van der Waals surface area contributed by atoms with Crippen molar-refractivity contribution in [2.24, 2.45) is 0 Å². The summed E-state index contributed by atoms with van der Waals surface area (Å²) in [6.07, 6.45) is 7.31. The number of rotatable bonds is 2. The van der Waals surface area contributed by atoms with Crippen molar-refractivity contribution in [3.05, 3.63) is 65.0 Å². The number of hydrogen-bond acceptors (Lipinski definition) is 2. The fourth-order valence-corrected chi connectivity index (χ4v) is 1.31. The Bertz CT molecular complexity index is 513. The van der Waals surface area contributed by atoms with Crippen LogP contribution in [0.1, 0.15) is 5.69 Å². The molecule has 0 spiro atoms. The van der Waals surface area contributed by atoms with E-state index in [9.17, 15) is 10.1 Å². The summed E-state index contributed by atoms with van der Waals surface area (Å²) in [4.78, 5) is 11.0. The van der Waals surface area contributed by atoms with Gasteiger partial charge in [-0.05, 0) is 0 Å². The molecule has 5 nitrogen and oxygen atoms in total. The largest absolute Gasteiger partial charge is 1.00 e. The van der Waals surface area contributed by atoms with Gasteiger partial charge in [0.15, 0.2) is 18.9 Å². The zero-order valence-electron chi connectivity index (χ0n) is 8.36. The summed E-state index contributed by atoms with van der Waals surface area (Å²) in [5.74, 6) is 0. The molecule has 0 aliphatic carbocycles. The second kappa shape index (κ2) is 5.59. The van der Waals surface area contributed by atoms with Crippen LogP contribution in [0, 0.1) is 10.1 Å². The van der Waals surface area contributed by atoms with Crippen molar-refractivity contribution in [3.8, 4) is 0 Å². The van der Waals surface area contributed by atoms with Crippen LogP contribution >= 0.6 is 0 Å². The minimum Gasteiger partial charge on any atom is -1.00 e. The van der Waals surface area contributed by atoms with Gasteiger partial charge in [0.1, 0.15) is 5.69 Å². The van der Waals surface area contributed by atoms with Crippen LogP contribution in [-0.2, 0) is 6.54 Å². The molecule has 6 heteroatoms. The predicted molar refractivity (Wildman–Crippen MR) is 52.3 cm³/mol. The fourth-order valence-electron chi connectivity index (χ4n) is 1.31. The minimum absolute atomic E-state index is 0. The van der Waals surface area contributed by atoms with Crippen LogP contribution in [0.15, 0.2) is 49.2 Å². The molecule has 16 heavy (non-hydrogen) atoms. The van der Waals surface area contributed by atoms with Crippen LogP contribution in [0.2, 0.25) is 0 Å². The Labute approximate surface area is 109 Å². The highest BCUT2D eigenvalue weighted by Crippen LogP contribution is 1.92. The summed E-state index contributed by atoms with van der Waals surface area (Å²) in [5, 5.41) is 11.3. The molecule has 2 aromatic rings. The maximum Gasteiger partial charge on any atom is 0.253 e. The molecule has 0 fully saturated rings. The normalized spacial score (nSPS) is 9.50. The van der Waals surface area contributed by atoms with E-state index >= 15 is 0 Å². The third-order valence-electron chi connectivity index (χ3n) is 2.03. The third-order valence-corrected chi connectivity index (χ3v) is 2.03. The van der Waals surface area contributed by atoms with Gasteiger partial charge >= 0.3 is 0 Å². The highest BCUT2D eigenvalue weighted by atomic mass is 127. The van der Waals surface area contributed by atoms with Crippen LogP contribution in [0.25, 0.3) is 0 Å². The average Bonchev–Trinajstić information content (AvgIpc) is 2.25. The first kappa shape index (κ1) is 12.6. The van der Waals surface area contributed by atoms with Gasteiger partial charge in [-0.25, -0.2) is 0 Å². The standard InChI is InChI=1S/C10H10N3O2.HI/c14-12-6-7-13(15)10(9-12)8-11-4-2-1-3-5-11;/h1-7,9H,8H2;1H/q+1;/p-1. The molecule has 0 saturated heterocycles. The van der Waals surface area contributed by atoms with E-state index in [1.165, 1.54) is 18.6 Å². The Morgan fingerprint density at radius 3 is 2.56 bits per heavy atom. The topological polar surface area (TPSA) is 54.8 Å². The first-order chi connectivity index (χ1) is 7.25. The van der Waals surface area contributed by atoms with Gasteiger partial charge in [-0.15, -0.1) is 0 Å². The molecule has 0 bridgehead atoms. The molecular formula is C10H10IN3O2. The highest BCUT2D eigenvalue weighted by molar-refractivity contribution is 4.94. The SMILES string of the molecule is O=[n+]1ccn([O-])c(C[n+]2ccccc2)c1.[I-]. The Balaban J connectivity index is 0.00000128. The maximum atomic E-state index is 11.3. The lowest BCUT2D eigenvalue weighted by molar-refractivity contribution is -0.689. The van der Waals surface area contributed by atoms with E-state index in [2.05, 4.69) is 0 Å². The van der Waals surface area contributed by atoms with E-state index < -0.39 is 0 Å². The summed E-state index contributed by atoms with van der Waals surface area (Å²) in [7, 11) is 0. The monoisotopic (exact) mass is 331 g/mol. The zero-order chi connectivity index (χ0) is 10.7. The maximum absolute atomic E-state index is 11.3. The van der Waals surface area contributed by atoms with E-state index in [1.807, 2.05) is 35.2 Å². The van der Waals surface area contributed by atoms with Crippen LogP contribution in [0.4, 0.5) is 0 Å². The Morgan fingerprint density at radius 1 is 1.19 bits per heavy atom. The molecule has 0 aromatic carbocycles. The second-order valence-electron chi connectivity index (χ2n) is 3.15. The molecule has 0 N–H and O–H groups in total. The van der Waals surface area contributed by atoms with Crippen LogP contribution in [0.3, 0.4) is 0 Å². The molecular weight excluding hydrogens is 321 g/mol. The summed E-state index contributed by atoms with van der Waals surface area (Å²) in [5.41, 5.74) is 0.406. The number of halogens is 1. The molecule has 0 amide bonds. The van der Waals surface area contributed by atoms with Gasteiger partial charge in [0.2, 0.25) is 6.20 Å². The lowest BCUT2D eigenvalue weighted by atomic mass is 10.4. The molecule has 0 unspecified atom stereocenters. The van der Waals surface area contributed by atoms with Gasteiger partial charge in [0, 0.05) is 17.0 Å².